The van der Waals surface area contributed by atoms with E-state index in [1.54, 1.807) is 0 Å². The van der Waals surface area contributed by atoms with Crippen LogP contribution in [0.1, 0.15) is 33.6 Å². The second kappa shape index (κ2) is 10.2. The molecule has 0 amide bonds. The molecule has 0 aromatic rings. The van der Waals surface area contributed by atoms with Gasteiger partial charge in [0.2, 0.25) is 0 Å². The lowest BCUT2D eigenvalue weighted by Gasteiger charge is -2.18. The maximum Gasteiger partial charge on any atom is 0.313 e. The normalized spacial score (nSPS) is 17.0. The van der Waals surface area contributed by atoms with Crippen LogP contribution in [0.25, 0.3) is 0 Å². The molecule has 0 aliphatic rings. The number of rotatable bonds is 10. The van der Waals surface area contributed by atoms with Gasteiger partial charge < -0.3 is 4.52 Å². The molecule has 0 fully saturated rings. The average Bonchev–Trinajstić information content (AvgIpc) is 2.28. The summed E-state index contributed by atoms with van der Waals surface area (Å²) in [4.78, 5) is 0. The summed E-state index contributed by atoms with van der Waals surface area (Å²) in [5.41, 5.74) is 0. The van der Waals surface area contributed by atoms with Crippen molar-refractivity contribution in [3.05, 3.63) is 0 Å². The molecule has 0 aliphatic heterocycles. The Kier molecular flexibility index (Phi) is 11.0. The van der Waals surface area contributed by atoms with E-state index < -0.39 is 5.77 Å². The summed E-state index contributed by atoms with van der Waals surface area (Å²) in [5.74, 6) is -0.657. The van der Waals surface area contributed by atoms with E-state index in [-0.39, 0.29) is 0 Å². The van der Waals surface area contributed by atoms with Gasteiger partial charge in [0.05, 0.1) is 6.61 Å². The van der Waals surface area contributed by atoms with Crippen molar-refractivity contribution in [3.8, 4) is 0 Å². The third-order valence-electron chi connectivity index (χ3n) is 1.95. The molecule has 0 N–H and O–H groups in total. The van der Waals surface area contributed by atoms with Crippen molar-refractivity contribution in [1.82, 2.24) is 0 Å². The molecule has 0 aromatic heterocycles. The molecule has 0 aromatic carbocycles. The van der Waals surface area contributed by atoms with Gasteiger partial charge >= 0.3 is 5.77 Å². The quantitative estimate of drug-likeness (QED) is 0.520. The van der Waals surface area contributed by atoms with Crippen molar-refractivity contribution in [2.24, 2.45) is 0 Å². The van der Waals surface area contributed by atoms with E-state index in [2.05, 4.69) is 20.1 Å². The van der Waals surface area contributed by atoms with Crippen molar-refractivity contribution >= 4 is 40.3 Å². The minimum absolute atomic E-state index is 0.539. The van der Waals surface area contributed by atoms with Crippen molar-refractivity contribution in [2.75, 3.05) is 24.4 Å². The van der Waals surface area contributed by atoms with Crippen molar-refractivity contribution in [3.63, 3.8) is 0 Å². The second-order valence-electron chi connectivity index (χ2n) is 3.26. The topological polar surface area (TPSA) is 26.3 Å². The Hall–Kier alpha value is 1.24. The first-order chi connectivity index (χ1) is 7.61. The summed E-state index contributed by atoms with van der Waals surface area (Å²) in [5, 5.41) is 0.584. The molecule has 0 bridgehead atoms. The van der Waals surface area contributed by atoms with Crippen LogP contribution in [0.4, 0.5) is 0 Å². The minimum Gasteiger partial charge on any atom is -0.314 e. The Balaban J connectivity index is 4.15. The molecule has 0 rings (SSSR count). The maximum atomic E-state index is 12.4. The van der Waals surface area contributed by atoms with E-state index in [0.717, 1.165) is 24.3 Å². The minimum atomic E-state index is -2.50. The highest BCUT2D eigenvalue weighted by molar-refractivity contribution is 8.89. The van der Waals surface area contributed by atoms with Gasteiger partial charge in [-0.1, -0.05) is 36.6 Å². The standard InChI is InChI=1S/C10H23O2PS3/c1-5-8-15-13(11,12-7-3)16-9-10(6-2)14-4/h10H,5-9H2,1-4H3/t10-,13?/m0/s1. The lowest BCUT2D eigenvalue weighted by Crippen LogP contribution is -2.03. The van der Waals surface area contributed by atoms with Gasteiger partial charge in [0.25, 0.3) is 0 Å². The largest absolute Gasteiger partial charge is 0.314 e. The fraction of sp³-hybridized carbons (Fsp3) is 1.00. The van der Waals surface area contributed by atoms with E-state index in [4.69, 9.17) is 4.52 Å². The fourth-order valence-corrected chi connectivity index (χ4v) is 9.41. The number of hydrogen-bond acceptors (Lipinski definition) is 5. The molecule has 0 radical (unpaired) electrons. The summed E-state index contributed by atoms with van der Waals surface area (Å²) < 4.78 is 17.8. The molecule has 0 aliphatic carbocycles. The summed E-state index contributed by atoms with van der Waals surface area (Å²) in [6.07, 6.45) is 4.28. The van der Waals surface area contributed by atoms with Crippen LogP contribution in [-0.4, -0.2) is 29.6 Å². The molecular formula is C10H23O2PS3. The predicted octanol–water partition coefficient (Wildman–Crippen LogP) is 5.15. The lowest BCUT2D eigenvalue weighted by molar-refractivity contribution is 0.357. The van der Waals surface area contributed by atoms with Crippen LogP contribution in [0, 0.1) is 0 Å². The van der Waals surface area contributed by atoms with E-state index >= 15 is 0 Å². The van der Waals surface area contributed by atoms with Crippen LogP contribution in [-0.2, 0) is 9.09 Å². The lowest BCUT2D eigenvalue weighted by atomic mass is 10.4. The molecule has 0 heterocycles. The van der Waals surface area contributed by atoms with Gasteiger partial charge in [0.1, 0.15) is 0 Å². The van der Waals surface area contributed by atoms with Gasteiger partial charge in [0, 0.05) is 16.8 Å². The smallest absolute Gasteiger partial charge is 0.313 e. The van der Waals surface area contributed by atoms with Gasteiger partial charge in [-0.05, 0) is 26.0 Å². The summed E-state index contributed by atoms with van der Waals surface area (Å²) in [6, 6.07) is 0. The Morgan fingerprint density at radius 2 is 1.94 bits per heavy atom. The summed E-state index contributed by atoms with van der Waals surface area (Å²) >= 11 is 4.87. The first-order valence-electron chi connectivity index (χ1n) is 5.68. The molecule has 0 spiro atoms. The van der Waals surface area contributed by atoms with Crippen LogP contribution in [0.15, 0.2) is 0 Å². The first-order valence-corrected chi connectivity index (χ1v) is 11.8. The van der Waals surface area contributed by atoms with Crippen LogP contribution >= 0.6 is 40.3 Å². The van der Waals surface area contributed by atoms with E-state index in [1.165, 1.54) is 22.8 Å². The fourth-order valence-electron chi connectivity index (χ4n) is 1.000. The third-order valence-corrected chi connectivity index (χ3v) is 11.1. The summed E-state index contributed by atoms with van der Waals surface area (Å²) in [7, 11) is 0. The zero-order valence-electron chi connectivity index (χ0n) is 10.6. The molecule has 6 heteroatoms. The van der Waals surface area contributed by atoms with Gasteiger partial charge in [-0.15, -0.1) is 0 Å². The van der Waals surface area contributed by atoms with E-state index in [0.29, 0.717) is 11.9 Å². The number of thioether (sulfide) groups is 1. The molecule has 0 saturated carbocycles. The Morgan fingerprint density at radius 3 is 2.38 bits per heavy atom. The number of hydrogen-bond donors (Lipinski definition) is 0. The Bertz CT molecular complexity index is 210. The summed E-state index contributed by atoms with van der Waals surface area (Å²) in [6.45, 7) is 6.72. The highest BCUT2D eigenvalue weighted by Crippen LogP contribution is 2.70. The molecule has 2 atom stereocenters. The van der Waals surface area contributed by atoms with Gasteiger partial charge in [-0.2, -0.15) is 11.8 Å². The Labute approximate surface area is 112 Å². The van der Waals surface area contributed by atoms with E-state index in [1.807, 2.05) is 18.7 Å². The molecular weight excluding hydrogens is 279 g/mol. The van der Waals surface area contributed by atoms with Gasteiger partial charge in [-0.3, -0.25) is 4.57 Å². The average molecular weight is 302 g/mol. The third kappa shape index (κ3) is 7.54. The second-order valence-corrected chi connectivity index (χ2v) is 11.9. The van der Waals surface area contributed by atoms with Crippen LogP contribution in [0.5, 0.6) is 0 Å². The monoisotopic (exact) mass is 302 g/mol. The highest BCUT2D eigenvalue weighted by Gasteiger charge is 2.25. The van der Waals surface area contributed by atoms with Crippen molar-refractivity contribution < 1.29 is 9.09 Å². The molecule has 2 nitrogen and oxygen atoms in total. The SMILES string of the molecule is CCCSP(=O)(OCC)SC[C@H](CC)SC. The maximum absolute atomic E-state index is 12.4. The van der Waals surface area contributed by atoms with Crippen LogP contribution < -0.4 is 0 Å². The molecule has 1 unspecified atom stereocenters. The first kappa shape index (κ1) is 17.2. The molecule has 98 valence electrons. The van der Waals surface area contributed by atoms with Crippen LogP contribution in [0.2, 0.25) is 0 Å². The van der Waals surface area contributed by atoms with Crippen molar-refractivity contribution in [2.45, 2.75) is 38.9 Å². The molecule has 16 heavy (non-hydrogen) atoms. The Morgan fingerprint density at radius 1 is 1.25 bits per heavy atom. The van der Waals surface area contributed by atoms with E-state index in [9.17, 15) is 4.57 Å². The zero-order valence-corrected chi connectivity index (χ0v) is 13.9. The van der Waals surface area contributed by atoms with Gasteiger partial charge in [-0.25, -0.2) is 0 Å². The molecule has 0 saturated heterocycles. The predicted molar refractivity (Wildman–Crippen MR) is 82.0 cm³/mol. The highest BCUT2D eigenvalue weighted by atomic mass is 33.1. The van der Waals surface area contributed by atoms with Gasteiger partial charge in [0.15, 0.2) is 0 Å². The van der Waals surface area contributed by atoms with Crippen molar-refractivity contribution in [1.29, 1.82) is 0 Å². The zero-order chi connectivity index (χ0) is 12.4. The van der Waals surface area contributed by atoms with Crippen LogP contribution in [0.3, 0.4) is 0 Å².